The first-order valence-electron chi connectivity index (χ1n) is 10.4. The van der Waals surface area contributed by atoms with E-state index in [1.165, 1.54) is 35.7 Å². The van der Waals surface area contributed by atoms with E-state index < -0.39 is 23.5 Å². The molecule has 33 heavy (non-hydrogen) atoms. The number of nitrogens with zero attached hydrogens (tertiary/aromatic N) is 2. The Hall–Kier alpha value is -3.91. The Labute approximate surface area is 193 Å². The molecule has 8 heteroatoms. The second kappa shape index (κ2) is 8.22. The van der Waals surface area contributed by atoms with Crippen molar-refractivity contribution in [1.82, 2.24) is 4.98 Å². The van der Waals surface area contributed by atoms with E-state index in [-0.39, 0.29) is 11.3 Å². The molecule has 0 radical (unpaired) electrons. The van der Waals surface area contributed by atoms with Gasteiger partial charge in [0.05, 0.1) is 35.2 Å². The molecule has 1 amide bonds. The summed E-state index contributed by atoms with van der Waals surface area (Å²) in [5.41, 5.74) is 2.45. The van der Waals surface area contributed by atoms with Crippen LogP contribution in [0.15, 0.2) is 76.6 Å². The second-order valence-corrected chi connectivity index (χ2v) is 8.58. The van der Waals surface area contributed by atoms with Crippen LogP contribution in [-0.2, 0) is 11.2 Å². The van der Waals surface area contributed by atoms with Gasteiger partial charge in [-0.2, -0.15) is 0 Å². The van der Waals surface area contributed by atoms with Gasteiger partial charge in [-0.1, -0.05) is 36.5 Å². The van der Waals surface area contributed by atoms with Crippen LogP contribution in [0.3, 0.4) is 0 Å². The Balaban J connectivity index is 1.68. The van der Waals surface area contributed by atoms with E-state index in [1.54, 1.807) is 30.3 Å². The zero-order chi connectivity index (χ0) is 23.1. The fourth-order valence-corrected chi connectivity index (χ4v) is 5.04. The smallest absolute Gasteiger partial charge is 0.296 e. The number of ketones is 1. The van der Waals surface area contributed by atoms with Crippen molar-refractivity contribution in [2.75, 3.05) is 12.0 Å². The Morgan fingerprint density at radius 2 is 2.06 bits per heavy atom. The summed E-state index contributed by atoms with van der Waals surface area (Å²) in [5.74, 6) is -1.26. The lowest BCUT2D eigenvalue weighted by atomic mass is 9.95. The molecule has 2 aromatic carbocycles. The Morgan fingerprint density at radius 3 is 2.79 bits per heavy atom. The minimum atomic E-state index is -0.892. The van der Waals surface area contributed by atoms with Gasteiger partial charge in [-0.05, 0) is 53.9 Å². The minimum Gasteiger partial charge on any atom is -0.503 e. The number of furan rings is 1. The number of rotatable bonds is 6. The van der Waals surface area contributed by atoms with Gasteiger partial charge in [0.2, 0.25) is 5.78 Å². The number of hydrogen-bond donors (Lipinski definition) is 1. The number of thiazole rings is 1. The lowest BCUT2D eigenvalue weighted by Crippen LogP contribution is -2.31. The lowest BCUT2D eigenvalue weighted by molar-refractivity contribution is -0.117. The number of hydrogen-bond acceptors (Lipinski definition) is 7. The van der Waals surface area contributed by atoms with Crippen LogP contribution in [0.25, 0.3) is 10.2 Å². The number of carbonyl (C=O) groups is 2. The monoisotopic (exact) mass is 460 g/mol. The summed E-state index contributed by atoms with van der Waals surface area (Å²) in [6.45, 7) is 2.07. The van der Waals surface area contributed by atoms with Crippen LogP contribution < -0.4 is 9.64 Å². The van der Waals surface area contributed by atoms with Crippen molar-refractivity contribution in [2.24, 2.45) is 0 Å². The number of carbonyl (C=O) groups excluding carboxylic acids is 2. The highest BCUT2D eigenvalue weighted by atomic mass is 32.1. The van der Waals surface area contributed by atoms with Crippen molar-refractivity contribution in [3.05, 3.63) is 89.1 Å². The number of aliphatic hydroxyl groups is 1. The van der Waals surface area contributed by atoms with Gasteiger partial charge in [0, 0.05) is 0 Å². The molecule has 1 aliphatic rings. The average molecular weight is 461 g/mol. The number of methoxy groups -OCH3 is 1. The lowest BCUT2D eigenvalue weighted by Gasteiger charge is -2.24. The van der Waals surface area contributed by atoms with Crippen molar-refractivity contribution in [1.29, 1.82) is 0 Å². The second-order valence-electron chi connectivity index (χ2n) is 7.58. The molecular weight excluding hydrogens is 440 g/mol. The number of aryl methyl sites for hydroxylation is 1. The van der Waals surface area contributed by atoms with Crippen molar-refractivity contribution in [2.45, 2.75) is 19.4 Å². The standard InChI is InChI=1S/C25H20N2O5S/c1-3-14-9-10-17-19(12-14)33-25(26-17)27-21(15-6-4-7-16(13-15)31-2)20(23(29)24(27)30)22(28)18-8-5-11-32-18/h4-13,21,29H,3H2,1-2H3/t21-/m1/s1. The molecule has 3 heterocycles. The summed E-state index contributed by atoms with van der Waals surface area (Å²) in [6, 6.07) is 15.2. The summed E-state index contributed by atoms with van der Waals surface area (Å²) in [5, 5.41) is 11.2. The zero-order valence-corrected chi connectivity index (χ0v) is 18.8. The molecule has 0 fully saturated rings. The molecule has 0 aliphatic carbocycles. The minimum absolute atomic E-state index is 0.0379. The largest absolute Gasteiger partial charge is 0.503 e. The van der Waals surface area contributed by atoms with Gasteiger partial charge in [0.1, 0.15) is 5.75 Å². The highest BCUT2D eigenvalue weighted by molar-refractivity contribution is 7.22. The first kappa shape index (κ1) is 21.0. The van der Waals surface area contributed by atoms with Gasteiger partial charge < -0.3 is 14.3 Å². The predicted octanol–water partition coefficient (Wildman–Crippen LogP) is 5.24. The Kier molecular flexibility index (Phi) is 5.22. The van der Waals surface area contributed by atoms with Crippen LogP contribution in [0.4, 0.5) is 5.13 Å². The third-order valence-electron chi connectivity index (χ3n) is 5.66. The van der Waals surface area contributed by atoms with Crippen LogP contribution in [0.1, 0.15) is 34.6 Å². The summed E-state index contributed by atoms with van der Waals surface area (Å²) >= 11 is 1.34. The van der Waals surface area contributed by atoms with E-state index in [0.717, 1.165) is 22.2 Å². The molecule has 1 atom stereocenters. The van der Waals surface area contributed by atoms with Crippen molar-refractivity contribution >= 4 is 38.4 Å². The van der Waals surface area contributed by atoms with Gasteiger partial charge in [-0.25, -0.2) is 4.98 Å². The van der Waals surface area contributed by atoms with Crippen LogP contribution in [-0.4, -0.2) is 28.9 Å². The Morgan fingerprint density at radius 1 is 1.21 bits per heavy atom. The third kappa shape index (κ3) is 3.48. The van der Waals surface area contributed by atoms with Crippen LogP contribution in [0.2, 0.25) is 0 Å². The third-order valence-corrected chi connectivity index (χ3v) is 6.68. The molecule has 2 aromatic heterocycles. The molecule has 0 unspecified atom stereocenters. The van der Waals surface area contributed by atoms with Gasteiger partial charge in [0.15, 0.2) is 16.7 Å². The number of aromatic nitrogens is 1. The molecule has 0 spiro atoms. The number of anilines is 1. The molecule has 166 valence electrons. The van der Waals surface area contributed by atoms with Gasteiger partial charge in [0.25, 0.3) is 5.91 Å². The van der Waals surface area contributed by atoms with E-state index in [1.807, 2.05) is 18.2 Å². The first-order chi connectivity index (χ1) is 16.0. The average Bonchev–Trinajstić information content (AvgIpc) is 3.57. The number of amides is 1. The summed E-state index contributed by atoms with van der Waals surface area (Å²) < 4.78 is 11.5. The Bertz CT molecular complexity index is 1400. The van der Waals surface area contributed by atoms with Crippen molar-refractivity contribution in [3.63, 3.8) is 0 Å². The first-order valence-corrected chi connectivity index (χ1v) is 11.2. The van der Waals surface area contributed by atoms with E-state index in [4.69, 9.17) is 9.15 Å². The highest BCUT2D eigenvalue weighted by Gasteiger charge is 2.46. The number of aliphatic hydroxyl groups excluding tert-OH is 1. The fourth-order valence-electron chi connectivity index (χ4n) is 3.98. The van der Waals surface area contributed by atoms with E-state index in [0.29, 0.717) is 16.4 Å². The molecule has 5 rings (SSSR count). The maximum atomic E-state index is 13.3. The molecule has 0 bridgehead atoms. The molecule has 0 saturated heterocycles. The molecule has 4 aromatic rings. The zero-order valence-electron chi connectivity index (χ0n) is 17.9. The summed E-state index contributed by atoms with van der Waals surface area (Å²) in [7, 11) is 1.54. The summed E-state index contributed by atoms with van der Waals surface area (Å²) in [4.78, 5) is 32.6. The highest BCUT2D eigenvalue weighted by Crippen LogP contribution is 2.44. The number of Topliss-reactive ketones (excluding diaryl/α,β-unsaturated/α-hetero) is 1. The molecule has 1 aliphatic heterocycles. The molecule has 1 N–H and O–H groups in total. The predicted molar refractivity (Wildman–Crippen MR) is 125 cm³/mol. The molecular formula is C25H20N2O5S. The van der Waals surface area contributed by atoms with E-state index in [9.17, 15) is 14.7 Å². The quantitative estimate of drug-likeness (QED) is 0.396. The van der Waals surface area contributed by atoms with Crippen LogP contribution in [0, 0.1) is 0 Å². The fraction of sp³-hybridized carbons (Fsp3) is 0.160. The van der Waals surface area contributed by atoms with Gasteiger partial charge in [-0.3, -0.25) is 14.5 Å². The van der Waals surface area contributed by atoms with Crippen molar-refractivity contribution < 1.29 is 23.8 Å². The molecule has 7 nitrogen and oxygen atoms in total. The number of fused-ring (bicyclic) bond motifs is 1. The van der Waals surface area contributed by atoms with Gasteiger partial charge >= 0.3 is 0 Å². The summed E-state index contributed by atoms with van der Waals surface area (Å²) in [6.07, 6.45) is 2.25. The van der Waals surface area contributed by atoms with Crippen LogP contribution >= 0.6 is 11.3 Å². The van der Waals surface area contributed by atoms with E-state index in [2.05, 4.69) is 11.9 Å². The maximum absolute atomic E-state index is 13.3. The van der Waals surface area contributed by atoms with E-state index >= 15 is 0 Å². The SMILES string of the molecule is CCc1ccc2nc(N3C(=O)C(O)=C(C(=O)c4ccco4)[C@H]3c3cccc(OC)c3)sc2c1. The number of ether oxygens (including phenoxy) is 1. The number of benzene rings is 2. The topological polar surface area (TPSA) is 92.9 Å². The van der Waals surface area contributed by atoms with Gasteiger partial charge in [-0.15, -0.1) is 0 Å². The molecule has 0 saturated carbocycles. The van der Waals surface area contributed by atoms with Crippen molar-refractivity contribution in [3.8, 4) is 5.75 Å². The maximum Gasteiger partial charge on any atom is 0.296 e. The van der Waals surface area contributed by atoms with Crippen LogP contribution in [0.5, 0.6) is 5.75 Å². The normalized spacial score (nSPS) is 16.1.